The summed E-state index contributed by atoms with van der Waals surface area (Å²) in [7, 11) is 0. The minimum atomic E-state index is -0.386. The third-order valence-corrected chi connectivity index (χ3v) is 11.0. The maximum atomic E-state index is 6.87. The average molecular weight is 383 g/mol. The number of hydrogen-bond acceptors (Lipinski definition) is 0. The molecule has 25 heavy (non-hydrogen) atoms. The van der Waals surface area contributed by atoms with Gasteiger partial charge >= 0.3 is 0 Å². The number of rotatable bonds is 2. The standard InChI is InChI=1S/C23H36Cl2/c1-5-15-8-10-18-17-9-7-16-13-23(25,6-2)20(24)14-22(16,4)19(17)11-12-21(15,18)3/h6,15-20H,2,5,7-14H2,1,3-4H3/t15-,16?,17-,18-,19-,20?,21+,22-,23?/m0/s1. The summed E-state index contributed by atoms with van der Waals surface area (Å²) in [6, 6.07) is 0. The maximum Gasteiger partial charge on any atom is 0.0789 e. The molecule has 4 rings (SSSR count). The highest BCUT2D eigenvalue weighted by molar-refractivity contribution is 6.33. The Morgan fingerprint density at radius 1 is 1.00 bits per heavy atom. The maximum absolute atomic E-state index is 6.87. The molecule has 4 aliphatic rings. The van der Waals surface area contributed by atoms with Crippen molar-refractivity contribution in [2.75, 3.05) is 0 Å². The summed E-state index contributed by atoms with van der Waals surface area (Å²) in [5.41, 5.74) is 1.01. The van der Waals surface area contributed by atoms with E-state index in [4.69, 9.17) is 23.2 Å². The zero-order valence-electron chi connectivity index (χ0n) is 16.4. The third-order valence-electron chi connectivity index (χ3n) is 9.79. The molecule has 0 N–H and O–H groups in total. The van der Waals surface area contributed by atoms with Crippen molar-refractivity contribution in [2.24, 2.45) is 40.4 Å². The molecule has 0 heterocycles. The van der Waals surface area contributed by atoms with Crippen LogP contribution in [0.15, 0.2) is 12.7 Å². The molecule has 4 fully saturated rings. The van der Waals surface area contributed by atoms with Crippen molar-refractivity contribution in [3.05, 3.63) is 12.7 Å². The summed E-state index contributed by atoms with van der Waals surface area (Å²) < 4.78 is 0. The lowest BCUT2D eigenvalue weighted by atomic mass is 9.44. The van der Waals surface area contributed by atoms with Crippen LogP contribution in [0, 0.1) is 40.4 Å². The van der Waals surface area contributed by atoms with Crippen molar-refractivity contribution in [2.45, 2.75) is 88.8 Å². The second-order valence-corrected chi connectivity index (χ2v) is 11.6. The van der Waals surface area contributed by atoms with Gasteiger partial charge in [-0.25, -0.2) is 0 Å². The SMILES string of the molecule is C=CC1(Cl)CC2CC[C@H]3[C@@H]4CC[C@H](CC)[C@@]4(C)CC[C@@H]3[C@@]2(C)CC1Cl. The van der Waals surface area contributed by atoms with Gasteiger partial charge in [-0.15, -0.1) is 29.8 Å². The van der Waals surface area contributed by atoms with Crippen molar-refractivity contribution in [1.82, 2.24) is 0 Å². The zero-order chi connectivity index (χ0) is 18.0. The quantitative estimate of drug-likeness (QED) is 0.343. The molecule has 0 aliphatic heterocycles. The van der Waals surface area contributed by atoms with E-state index in [9.17, 15) is 0 Å². The van der Waals surface area contributed by atoms with E-state index in [1.54, 1.807) is 0 Å². The van der Waals surface area contributed by atoms with Crippen LogP contribution in [0.25, 0.3) is 0 Å². The summed E-state index contributed by atoms with van der Waals surface area (Å²) in [6.07, 6.45) is 14.0. The van der Waals surface area contributed by atoms with Gasteiger partial charge in [0.2, 0.25) is 0 Å². The van der Waals surface area contributed by atoms with Gasteiger partial charge in [0.25, 0.3) is 0 Å². The van der Waals surface area contributed by atoms with Crippen LogP contribution in [-0.4, -0.2) is 10.3 Å². The van der Waals surface area contributed by atoms with E-state index < -0.39 is 0 Å². The minimum absolute atomic E-state index is 0.0342. The first-order valence-corrected chi connectivity index (χ1v) is 11.6. The van der Waals surface area contributed by atoms with Crippen molar-refractivity contribution in [3.63, 3.8) is 0 Å². The van der Waals surface area contributed by atoms with Gasteiger partial charge in [-0.3, -0.25) is 0 Å². The topological polar surface area (TPSA) is 0 Å². The minimum Gasteiger partial charge on any atom is -0.121 e. The Kier molecular flexibility index (Phi) is 4.60. The molecule has 0 bridgehead atoms. The highest BCUT2D eigenvalue weighted by Crippen LogP contribution is 2.69. The van der Waals surface area contributed by atoms with Crippen LogP contribution in [0.2, 0.25) is 0 Å². The molecule has 0 spiro atoms. The molecule has 0 aromatic heterocycles. The molecule has 4 aliphatic carbocycles. The lowest BCUT2D eigenvalue weighted by Crippen LogP contribution is -2.57. The summed E-state index contributed by atoms with van der Waals surface area (Å²) in [6.45, 7) is 11.6. The fraction of sp³-hybridized carbons (Fsp3) is 0.913. The van der Waals surface area contributed by atoms with Crippen LogP contribution in [0.3, 0.4) is 0 Å². The Balaban J connectivity index is 1.62. The molecular weight excluding hydrogens is 347 g/mol. The Labute approximate surface area is 165 Å². The molecular formula is C23H36Cl2. The van der Waals surface area contributed by atoms with Gasteiger partial charge in [0.05, 0.1) is 10.3 Å². The lowest BCUT2D eigenvalue weighted by molar-refractivity contribution is -0.112. The number of alkyl halides is 2. The molecule has 0 nitrogen and oxygen atoms in total. The van der Waals surface area contributed by atoms with E-state index in [-0.39, 0.29) is 10.3 Å². The molecule has 0 amide bonds. The van der Waals surface area contributed by atoms with E-state index in [1.807, 2.05) is 6.08 Å². The first-order valence-electron chi connectivity index (χ1n) is 10.7. The lowest BCUT2D eigenvalue weighted by Gasteiger charge is -2.62. The zero-order valence-corrected chi connectivity index (χ0v) is 17.9. The van der Waals surface area contributed by atoms with Crippen LogP contribution in [0.4, 0.5) is 0 Å². The molecule has 3 unspecified atom stereocenters. The monoisotopic (exact) mass is 382 g/mol. The average Bonchev–Trinajstić information content (AvgIpc) is 2.93. The predicted octanol–water partition coefficient (Wildman–Crippen LogP) is 7.44. The Hall–Kier alpha value is 0.320. The highest BCUT2D eigenvalue weighted by atomic mass is 35.5. The summed E-state index contributed by atoms with van der Waals surface area (Å²) in [5, 5.41) is 0.0342. The van der Waals surface area contributed by atoms with Crippen LogP contribution in [0.5, 0.6) is 0 Å². The number of allylic oxidation sites excluding steroid dienone is 1. The fourth-order valence-electron chi connectivity index (χ4n) is 8.24. The third kappa shape index (κ3) is 2.52. The molecule has 4 saturated carbocycles. The van der Waals surface area contributed by atoms with Crippen LogP contribution in [-0.2, 0) is 0 Å². The molecule has 9 atom stereocenters. The highest BCUT2D eigenvalue weighted by Gasteiger charge is 2.62. The fourth-order valence-corrected chi connectivity index (χ4v) is 9.01. The molecule has 142 valence electrons. The Morgan fingerprint density at radius 3 is 2.40 bits per heavy atom. The largest absolute Gasteiger partial charge is 0.121 e. The normalized spacial score (nSPS) is 58.1. The first-order chi connectivity index (χ1) is 11.8. The van der Waals surface area contributed by atoms with Gasteiger partial charge < -0.3 is 0 Å². The Morgan fingerprint density at radius 2 is 1.72 bits per heavy atom. The number of halogens is 2. The predicted molar refractivity (Wildman–Crippen MR) is 109 cm³/mol. The van der Waals surface area contributed by atoms with Gasteiger partial charge in [-0.05, 0) is 91.8 Å². The first kappa shape index (κ1) is 18.7. The van der Waals surface area contributed by atoms with Crippen LogP contribution in [0.1, 0.15) is 78.6 Å². The molecule has 0 aromatic rings. The van der Waals surface area contributed by atoms with Gasteiger partial charge in [0.15, 0.2) is 0 Å². The van der Waals surface area contributed by atoms with Gasteiger partial charge in [-0.2, -0.15) is 0 Å². The van der Waals surface area contributed by atoms with Crippen molar-refractivity contribution >= 4 is 23.2 Å². The van der Waals surface area contributed by atoms with Crippen molar-refractivity contribution in [1.29, 1.82) is 0 Å². The van der Waals surface area contributed by atoms with E-state index in [0.29, 0.717) is 10.8 Å². The van der Waals surface area contributed by atoms with Gasteiger partial charge in [0, 0.05) is 0 Å². The number of fused-ring (bicyclic) bond motifs is 5. The van der Waals surface area contributed by atoms with E-state index >= 15 is 0 Å². The molecule has 2 heteroatoms. The van der Waals surface area contributed by atoms with Gasteiger partial charge in [0.1, 0.15) is 0 Å². The molecule has 0 aromatic carbocycles. The van der Waals surface area contributed by atoms with Crippen LogP contribution < -0.4 is 0 Å². The van der Waals surface area contributed by atoms with Crippen molar-refractivity contribution < 1.29 is 0 Å². The van der Waals surface area contributed by atoms with E-state index in [0.717, 1.165) is 42.4 Å². The summed E-state index contributed by atoms with van der Waals surface area (Å²) >= 11 is 13.7. The second kappa shape index (κ2) is 6.16. The van der Waals surface area contributed by atoms with Crippen molar-refractivity contribution in [3.8, 4) is 0 Å². The summed E-state index contributed by atoms with van der Waals surface area (Å²) in [5.74, 6) is 4.46. The molecule has 0 saturated heterocycles. The Bertz CT molecular complexity index is 544. The van der Waals surface area contributed by atoms with E-state index in [2.05, 4.69) is 27.4 Å². The number of hydrogen-bond donors (Lipinski definition) is 0. The van der Waals surface area contributed by atoms with E-state index in [1.165, 1.54) is 44.9 Å². The molecule has 0 radical (unpaired) electrons. The second-order valence-electron chi connectivity index (χ2n) is 10.4. The van der Waals surface area contributed by atoms with Crippen LogP contribution >= 0.6 is 23.2 Å². The summed E-state index contributed by atoms with van der Waals surface area (Å²) in [4.78, 5) is -0.386. The van der Waals surface area contributed by atoms with Gasteiger partial charge in [-0.1, -0.05) is 33.3 Å². The smallest absolute Gasteiger partial charge is 0.0789 e.